The van der Waals surface area contributed by atoms with Crippen LogP contribution < -0.4 is 0 Å². The third kappa shape index (κ3) is 3.44. The quantitative estimate of drug-likeness (QED) is 0.589. The summed E-state index contributed by atoms with van der Waals surface area (Å²) < 4.78 is 6.46. The lowest BCUT2D eigenvalue weighted by molar-refractivity contribution is 0.0994. The van der Waals surface area contributed by atoms with E-state index in [-0.39, 0.29) is 11.7 Å². The summed E-state index contributed by atoms with van der Waals surface area (Å²) in [4.78, 5) is 18.4. The van der Waals surface area contributed by atoms with Crippen LogP contribution in [0.15, 0.2) is 53.2 Å². The van der Waals surface area contributed by atoms with Gasteiger partial charge in [0.1, 0.15) is 11.5 Å². The summed E-state index contributed by atoms with van der Waals surface area (Å²) in [6, 6.07) is 14.5. The number of rotatable bonds is 4. The Morgan fingerprint density at radius 2 is 1.97 bits per heavy atom. The van der Waals surface area contributed by atoms with Crippen molar-refractivity contribution in [2.75, 3.05) is 19.6 Å². The number of Topliss-reactive ketones (excluding diaryl/α,β-unsaturated/α-hetero) is 1. The first-order valence-electron chi connectivity index (χ1n) is 10.5. The number of fused-ring (bicyclic) bond motifs is 1. The van der Waals surface area contributed by atoms with Crippen LogP contribution in [0.2, 0.25) is 0 Å². The van der Waals surface area contributed by atoms with Crippen molar-refractivity contribution in [2.24, 2.45) is 0 Å². The van der Waals surface area contributed by atoms with Gasteiger partial charge in [0.15, 0.2) is 5.78 Å². The van der Waals surface area contributed by atoms with E-state index in [1.807, 2.05) is 24.3 Å². The molecule has 1 aliphatic heterocycles. The van der Waals surface area contributed by atoms with Crippen molar-refractivity contribution in [3.05, 3.63) is 65.7 Å². The van der Waals surface area contributed by atoms with E-state index in [9.17, 15) is 4.79 Å². The van der Waals surface area contributed by atoms with Crippen molar-refractivity contribution in [3.63, 3.8) is 0 Å². The van der Waals surface area contributed by atoms with Crippen LogP contribution in [0.3, 0.4) is 0 Å². The summed E-state index contributed by atoms with van der Waals surface area (Å²) >= 11 is 0. The van der Waals surface area contributed by atoms with Gasteiger partial charge in [-0.25, -0.2) is 0 Å². The average Bonchev–Trinajstić information content (AvgIpc) is 3.39. The van der Waals surface area contributed by atoms with Gasteiger partial charge in [-0.1, -0.05) is 18.2 Å². The first-order valence-corrected chi connectivity index (χ1v) is 10.5. The van der Waals surface area contributed by atoms with E-state index in [1.165, 1.54) is 0 Å². The highest BCUT2D eigenvalue weighted by molar-refractivity contribution is 6.01. The van der Waals surface area contributed by atoms with Crippen LogP contribution in [0.1, 0.15) is 46.9 Å². The fourth-order valence-corrected chi connectivity index (χ4v) is 4.70. The third-order valence-electron chi connectivity index (χ3n) is 6.23. The number of likely N-dealkylation sites (tertiary alicyclic amines) is 1. The second-order valence-corrected chi connectivity index (χ2v) is 8.15. The van der Waals surface area contributed by atoms with Crippen LogP contribution in [-0.2, 0) is 6.42 Å². The van der Waals surface area contributed by atoms with E-state index in [2.05, 4.69) is 28.1 Å². The monoisotopic (exact) mass is 397 g/mol. The minimum atomic E-state index is 0.235. The van der Waals surface area contributed by atoms with E-state index in [4.69, 9.17) is 9.68 Å². The van der Waals surface area contributed by atoms with E-state index in [0.29, 0.717) is 13.0 Å². The van der Waals surface area contributed by atoms with Crippen LogP contribution in [-0.4, -0.2) is 35.3 Å². The summed E-state index contributed by atoms with van der Waals surface area (Å²) in [6.07, 6.45) is 7.08. The number of carbonyl (C=O) groups is 1. The second kappa shape index (κ2) is 7.89. The zero-order valence-electron chi connectivity index (χ0n) is 16.8. The summed E-state index contributed by atoms with van der Waals surface area (Å²) in [5, 5.41) is 9.07. The molecular formula is C25H23N3O2. The van der Waals surface area contributed by atoms with Gasteiger partial charge in [0, 0.05) is 48.0 Å². The second-order valence-electron chi connectivity index (χ2n) is 8.15. The number of furan rings is 1. The number of ketones is 1. The molecule has 2 aromatic heterocycles. The highest BCUT2D eigenvalue weighted by Gasteiger charge is 2.27. The SMILES string of the molecule is N#CCN1CCCC(c2cc(-c3ccc4c(c3)CCC4=O)c(-c3ccncc3)o2)C1. The molecule has 0 spiro atoms. The van der Waals surface area contributed by atoms with Gasteiger partial charge in [0.25, 0.3) is 0 Å². The van der Waals surface area contributed by atoms with Crippen LogP contribution in [0.25, 0.3) is 22.5 Å². The number of hydrogen-bond acceptors (Lipinski definition) is 5. The summed E-state index contributed by atoms with van der Waals surface area (Å²) in [5.74, 6) is 2.32. The molecule has 2 aliphatic rings. The molecule has 5 heteroatoms. The normalized spacial score (nSPS) is 18.9. The van der Waals surface area contributed by atoms with Crippen LogP contribution in [0.5, 0.6) is 0 Å². The predicted octanol–water partition coefficient (Wildman–Crippen LogP) is 4.84. The van der Waals surface area contributed by atoms with Crippen molar-refractivity contribution in [1.82, 2.24) is 9.88 Å². The molecule has 1 aromatic carbocycles. The van der Waals surface area contributed by atoms with Gasteiger partial charge in [-0.15, -0.1) is 0 Å². The van der Waals surface area contributed by atoms with Gasteiger partial charge >= 0.3 is 0 Å². The smallest absolute Gasteiger partial charge is 0.163 e. The molecule has 0 saturated carbocycles. The fourth-order valence-electron chi connectivity index (χ4n) is 4.70. The molecule has 30 heavy (non-hydrogen) atoms. The molecule has 5 rings (SSSR count). The zero-order valence-corrected chi connectivity index (χ0v) is 16.8. The molecule has 0 bridgehead atoms. The van der Waals surface area contributed by atoms with E-state index in [0.717, 1.165) is 71.7 Å². The number of pyridine rings is 1. The van der Waals surface area contributed by atoms with Gasteiger partial charge < -0.3 is 4.42 Å². The molecule has 1 atom stereocenters. The van der Waals surface area contributed by atoms with Crippen molar-refractivity contribution < 1.29 is 9.21 Å². The van der Waals surface area contributed by atoms with Crippen molar-refractivity contribution in [2.45, 2.75) is 31.6 Å². The lowest BCUT2D eigenvalue weighted by Crippen LogP contribution is -2.34. The first-order chi connectivity index (χ1) is 14.7. The lowest BCUT2D eigenvalue weighted by atomic mass is 9.93. The molecule has 3 heterocycles. The predicted molar refractivity (Wildman–Crippen MR) is 114 cm³/mol. The van der Waals surface area contributed by atoms with Gasteiger partial charge in [-0.3, -0.25) is 14.7 Å². The van der Waals surface area contributed by atoms with Crippen molar-refractivity contribution in [1.29, 1.82) is 5.26 Å². The molecule has 1 fully saturated rings. The number of piperidine rings is 1. The van der Waals surface area contributed by atoms with Crippen LogP contribution in [0.4, 0.5) is 0 Å². The Bertz CT molecular complexity index is 1130. The number of nitrogens with zero attached hydrogens (tertiary/aromatic N) is 3. The average molecular weight is 397 g/mol. The Kier molecular flexibility index (Phi) is 4.94. The fraction of sp³-hybridized carbons (Fsp3) is 0.320. The number of nitriles is 1. The molecule has 1 saturated heterocycles. The number of carbonyl (C=O) groups excluding carboxylic acids is 1. The van der Waals surface area contributed by atoms with E-state index < -0.39 is 0 Å². The molecule has 150 valence electrons. The summed E-state index contributed by atoms with van der Waals surface area (Å²) in [5.41, 5.74) is 5.10. The summed E-state index contributed by atoms with van der Waals surface area (Å²) in [6.45, 7) is 2.27. The number of benzene rings is 1. The third-order valence-corrected chi connectivity index (χ3v) is 6.23. The molecule has 0 radical (unpaired) electrons. The minimum Gasteiger partial charge on any atom is -0.460 e. The highest BCUT2D eigenvalue weighted by atomic mass is 16.3. The Morgan fingerprint density at radius 1 is 1.10 bits per heavy atom. The number of aromatic nitrogens is 1. The summed E-state index contributed by atoms with van der Waals surface area (Å²) in [7, 11) is 0. The zero-order chi connectivity index (χ0) is 20.5. The Morgan fingerprint density at radius 3 is 2.80 bits per heavy atom. The molecule has 0 amide bonds. The van der Waals surface area contributed by atoms with Crippen molar-refractivity contribution in [3.8, 4) is 28.5 Å². The minimum absolute atomic E-state index is 0.235. The van der Waals surface area contributed by atoms with Crippen LogP contribution >= 0.6 is 0 Å². The lowest BCUT2D eigenvalue weighted by Gasteiger charge is -2.29. The standard InChI is InChI=1S/C25H23N3O2/c26-9-13-28-12-1-2-20(16-28)24-15-22(25(30-24)17-7-10-27-11-8-17)19-3-5-21-18(14-19)4-6-23(21)29/h3,5,7-8,10-11,14-15,20H,1-2,4,6,12-13,16H2. The maximum Gasteiger partial charge on any atom is 0.163 e. The topological polar surface area (TPSA) is 70.1 Å². The Balaban J connectivity index is 1.56. The first kappa shape index (κ1) is 18.8. The van der Waals surface area contributed by atoms with Gasteiger partial charge in [-0.05, 0) is 55.1 Å². The Hall–Kier alpha value is -3.23. The molecule has 5 nitrogen and oxygen atoms in total. The maximum atomic E-state index is 12.0. The van der Waals surface area contributed by atoms with E-state index in [1.54, 1.807) is 12.4 Å². The molecule has 1 aliphatic carbocycles. The van der Waals surface area contributed by atoms with Crippen LogP contribution in [0, 0.1) is 11.3 Å². The number of hydrogen-bond donors (Lipinski definition) is 0. The van der Waals surface area contributed by atoms with Gasteiger partial charge in [0.05, 0.1) is 12.6 Å². The maximum absolute atomic E-state index is 12.0. The molecule has 0 N–H and O–H groups in total. The highest BCUT2D eigenvalue weighted by Crippen LogP contribution is 2.40. The van der Waals surface area contributed by atoms with Crippen molar-refractivity contribution >= 4 is 5.78 Å². The molecule has 3 aromatic rings. The largest absolute Gasteiger partial charge is 0.460 e. The molecule has 1 unspecified atom stereocenters. The molecular weight excluding hydrogens is 374 g/mol. The number of aryl methyl sites for hydroxylation is 1. The Labute approximate surface area is 176 Å². The van der Waals surface area contributed by atoms with Gasteiger partial charge in [-0.2, -0.15) is 5.26 Å². The van der Waals surface area contributed by atoms with E-state index >= 15 is 0 Å². The van der Waals surface area contributed by atoms with Gasteiger partial charge in [0.2, 0.25) is 0 Å².